The van der Waals surface area contributed by atoms with Crippen LogP contribution in [0.4, 0.5) is 0 Å². The van der Waals surface area contributed by atoms with Crippen LogP contribution in [0.2, 0.25) is 0 Å². The van der Waals surface area contributed by atoms with Crippen molar-refractivity contribution >= 4 is 5.91 Å². The fraction of sp³-hybridized carbons (Fsp3) is 0.929. The van der Waals surface area contributed by atoms with Gasteiger partial charge in [-0.2, -0.15) is 0 Å². The molecule has 1 amide bonds. The molecule has 2 rings (SSSR count). The molecule has 1 saturated carbocycles. The number of hydrogen-bond acceptors (Lipinski definition) is 2. The Morgan fingerprint density at radius 1 is 1.24 bits per heavy atom. The minimum atomic E-state index is 0.167. The van der Waals surface area contributed by atoms with Crippen molar-refractivity contribution in [1.82, 2.24) is 10.6 Å². The van der Waals surface area contributed by atoms with Crippen LogP contribution in [0.5, 0.6) is 0 Å². The van der Waals surface area contributed by atoms with Crippen LogP contribution in [-0.2, 0) is 4.79 Å². The van der Waals surface area contributed by atoms with E-state index in [4.69, 9.17) is 0 Å². The van der Waals surface area contributed by atoms with Gasteiger partial charge in [0.2, 0.25) is 5.91 Å². The lowest BCUT2D eigenvalue weighted by atomic mass is 9.97. The van der Waals surface area contributed by atoms with Gasteiger partial charge in [-0.05, 0) is 29.2 Å². The fourth-order valence-electron chi connectivity index (χ4n) is 3.34. The quantitative estimate of drug-likeness (QED) is 0.785. The van der Waals surface area contributed by atoms with E-state index in [-0.39, 0.29) is 11.8 Å². The molecule has 0 radical (unpaired) electrons. The van der Waals surface area contributed by atoms with Crippen molar-refractivity contribution in [1.29, 1.82) is 0 Å². The maximum Gasteiger partial charge on any atom is 0.224 e. The summed E-state index contributed by atoms with van der Waals surface area (Å²) in [6.45, 7) is 14.0. The van der Waals surface area contributed by atoms with Crippen LogP contribution in [0.1, 0.15) is 34.6 Å². The number of hydrogen-bond donors (Lipinski definition) is 2. The lowest BCUT2D eigenvalue weighted by Gasteiger charge is -2.14. The molecule has 0 aromatic heterocycles. The summed E-state index contributed by atoms with van der Waals surface area (Å²) < 4.78 is 0. The third kappa shape index (κ3) is 1.99. The molecule has 1 heterocycles. The van der Waals surface area contributed by atoms with E-state index in [0.29, 0.717) is 22.7 Å². The summed E-state index contributed by atoms with van der Waals surface area (Å²) in [6.07, 6.45) is 0. The molecule has 1 aliphatic heterocycles. The van der Waals surface area contributed by atoms with Crippen LogP contribution in [0.3, 0.4) is 0 Å². The van der Waals surface area contributed by atoms with Crippen LogP contribution in [0.15, 0.2) is 0 Å². The van der Waals surface area contributed by atoms with Crippen molar-refractivity contribution in [3.63, 3.8) is 0 Å². The van der Waals surface area contributed by atoms with Gasteiger partial charge in [-0.25, -0.2) is 0 Å². The molecule has 1 saturated heterocycles. The zero-order chi connectivity index (χ0) is 12.8. The predicted molar refractivity (Wildman–Crippen MR) is 69.6 cm³/mol. The highest BCUT2D eigenvalue weighted by molar-refractivity contribution is 5.79. The average Bonchev–Trinajstić information content (AvgIpc) is 2.55. The van der Waals surface area contributed by atoms with Gasteiger partial charge in [-0.3, -0.25) is 4.79 Å². The van der Waals surface area contributed by atoms with E-state index in [1.54, 1.807) is 0 Å². The third-order valence-corrected chi connectivity index (χ3v) is 5.65. The maximum atomic E-state index is 12.1. The Balaban J connectivity index is 1.82. The van der Waals surface area contributed by atoms with Gasteiger partial charge in [0.15, 0.2) is 0 Å². The van der Waals surface area contributed by atoms with Gasteiger partial charge in [0, 0.05) is 13.1 Å². The SMILES string of the molecule is C[C@@H]1CNC[C@H]1C(=O)NCC1C(C)(C)C1(C)C. The molecule has 3 heteroatoms. The van der Waals surface area contributed by atoms with Gasteiger partial charge in [-0.1, -0.05) is 34.6 Å². The Hall–Kier alpha value is -0.570. The largest absolute Gasteiger partial charge is 0.355 e. The average molecular weight is 238 g/mol. The molecule has 0 aromatic rings. The highest BCUT2D eigenvalue weighted by atomic mass is 16.1. The molecular formula is C14H26N2O. The highest BCUT2D eigenvalue weighted by Gasteiger charge is 2.64. The Morgan fingerprint density at radius 2 is 1.82 bits per heavy atom. The molecule has 98 valence electrons. The number of carbonyl (C=O) groups is 1. The van der Waals surface area contributed by atoms with Crippen molar-refractivity contribution in [3.8, 4) is 0 Å². The lowest BCUT2D eigenvalue weighted by molar-refractivity contribution is -0.125. The van der Waals surface area contributed by atoms with Crippen molar-refractivity contribution < 1.29 is 4.79 Å². The smallest absolute Gasteiger partial charge is 0.224 e. The van der Waals surface area contributed by atoms with E-state index in [9.17, 15) is 4.79 Å². The minimum Gasteiger partial charge on any atom is -0.355 e. The number of rotatable bonds is 3. The second kappa shape index (κ2) is 3.98. The maximum absolute atomic E-state index is 12.1. The summed E-state index contributed by atoms with van der Waals surface area (Å²) in [5.74, 6) is 1.49. The molecule has 0 spiro atoms. The molecule has 2 aliphatic rings. The first kappa shape index (κ1) is 12.9. The Bertz CT molecular complexity index is 308. The van der Waals surface area contributed by atoms with Gasteiger partial charge in [-0.15, -0.1) is 0 Å². The van der Waals surface area contributed by atoms with Crippen LogP contribution in [0.25, 0.3) is 0 Å². The minimum absolute atomic E-state index is 0.167. The molecule has 17 heavy (non-hydrogen) atoms. The van der Waals surface area contributed by atoms with E-state index in [0.717, 1.165) is 19.6 Å². The monoisotopic (exact) mass is 238 g/mol. The second-order valence-electron chi connectivity index (χ2n) is 6.98. The Morgan fingerprint density at radius 3 is 2.24 bits per heavy atom. The van der Waals surface area contributed by atoms with Crippen molar-refractivity contribution in [2.75, 3.05) is 19.6 Å². The summed E-state index contributed by atoms with van der Waals surface area (Å²) in [7, 11) is 0. The van der Waals surface area contributed by atoms with E-state index >= 15 is 0 Å². The van der Waals surface area contributed by atoms with Crippen LogP contribution >= 0.6 is 0 Å². The number of nitrogens with one attached hydrogen (secondary N) is 2. The summed E-state index contributed by atoms with van der Waals surface area (Å²) in [5.41, 5.74) is 0.722. The van der Waals surface area contributed by atoms with E-state index < -0.39 is 0 Å². The van der Waals surface area contributed by atoms with Gasteiger partial charge in [0.1, 0.15) is 0 Å². The fourth-order valence-corrected chi connectivity index (χ4v) is 3.34. The van der Waals surface area contributed by atoms with Gasteiger partial charge >= 0.3 is 0 Å². The topological polar surface area (TPSA) is 41.1 Å². The molecule has 2 fully saturated rings. The van der Waals surface area contributed by atoms with Gasteiger partial charge < -0.3 is 10.6 Å². The molecule has 0 aromatic carbocycles. The molecule has 2 N–H and O–H groups in total. The molecular weight excluding hydrogens is 212 g/mol. The molecule has 0 bridgehead atoms. The van der Waals surface area contributed by atoms with Crippen molar-refractivity contribution in [2.45, 2.75) is 34.6 Å². The standard InChI is InChI=1S/C14H26N2O/c1-9-6-15-7-10(9)12(17)16-8-11-13(2,3)14(11,4)5/h9-11,15H,6-8H2,1-5H3,(H,16,17)/t9-,10-/m1/s1. The molecule has 2 atom stereocenters. The van der Waals surface area contributed by atoms with Crippen LogP contribution < -0.4 is 10.6 Å². The summed E-state index contributed by atoms with van der Waals surface area (Å²) in [5, 5.41) is 6.43. The van der Waals surface area contributed by atoms with E-state index in [1.165, 1.54) is 0 Å². The predicted octanol–water partition coefficient (Wildman–Crippen LogP) is 1.64. The first-order chi connectivity index (χ1) is 7.78. The molecule has 0 unspecified atom stereocenters. The van der Waals surface area contributed by atoms with Crippen molar-refractivity contribution in [2.24, 2.45) is 28.6 Å². The lowest BCUT2D eigenvalue weighted by Crippen LogP contribution is -2.36. The zero-order valence-electron chi connectivity index (χ0n) is 11.8. The van der Waals surface area contributed by atoms with Crippen LogP contribution in [-0.4, -0.2) is 25.5 Å². The number of amides is 1. The molecule has 1 aliphatic carbocycles. The summed E-state index contributed by atoms with van der Waals surface area (Å²) in [6, 6.07) is 0. The number of carbonyl (C=O) groups excluding carboxylic acids is 1. The molecule has 3 nitrogen and oxygen atoms in total. The second-order valence-corrected chi connectivity index (χ2v) is 6.98. The van der Waals surface area contributed by atoms with E-state index in [2.05, 4.69) is 45.3 Å². The first-order valence-electron chi connectivity index (χ1n) is 6.77. The first-order valence-corrected chi connectivity index (χ1v) is 6.77. The van der Waals surface area contributed by atoms with Gasteiger partial charge in [0.05, 0.1) is 5.92 Å². The van der Waals surface area contributed by atoms with Crippen molar-refractivity contribution in [3.05, 3.63) is 0 Å². The zero-order valence-corrected chi connectivity index (χ0v) is 11.8. The normalized spacial score (nSPS) is 34.6. The Kier molecular flexibility index (Phi) is 3.01. The highest BCUT2D eigenvalue weighted by Crippen LogP contribution is 2.67. The van der Waals surface area contributed by atoms with Crippen LogP contribution in [0, 0.1) is 28.6 Å². The van der Waals surface area contributed by atoms with Gasteiger partial charge in [0.25, 0.3) is 0 Å². The van der Waals surface area contributed by atoms with E-state index in [1.807, 2.05) is 0 Å². The Labute approximate surface area is 105 Å². The summed E-state index contributed by atoms with van der Waals surface area (Å²) >= 11 is 0. The third-order valence-electron chi connectivity index (χ3n) is 5.65. The summed E-state index contributed by atoms with van der Waals surface area (Å²) in [4.78, 5) is 12.1.